The van der Waals surface area contributed by atoms with Gasteiger partial charge in [0.05, 0.1) is 6.61 Å². The second kappa shape index (κ2) is 8.68. The molecule has 0 bridgehead atoms. The Bertz CT molecular complexity index is 749. The lowest BCUT2D eigenvalue weighted by molar-refractivity contribution is -0.138. The summed E-state index contributed by atoms with van der Waals surface area (Å²) in [4.78, 5) is 26.3. The van der Waals surface area contributed by atoms with Crippen LogP contribution in [0.3, 0.4) is 0 Å². The largest absolute Gasteiger partial charge is 0.462 e. The summed E-state index contributed by atoms with van der Waals surface area (Å²) < 4.78 is 10.7. The average molecular weight is 339 g/mol. The predicted molar refractivity (Wildman–Crippen MR) is 95.7 cm³/mol. The van der Waals surface area contributed by atoms with E-state index in [0.29, 0.717) is 17.1 Å². The Balaban J connectivity index is 2.19. The van der Waals surface area contributed by atoms with Gasteiger partial charge in [0.25, 0.3) is 0 Å². The van der Waals surface area contributed by atoms with Gasteiger partial charge in [-0.2, -0.15) is 0 Å². The van der Waals surface area contributed by atoms with E-state index in [9.17, 15) is 9.59 Å². The molecule has 2 aromatic carbocycles. The number of carbonyl (C=O) groups is 2. The van der Waals surface area contributed by atoms with Crippen LogP contribution in [0.2, 0.25) is 0 Å². The fourth-order valence-electron chi connectivity index (χ4n) is 2.13. The first-order chi connectivity index (χ1) is 12.0. The number of benzene rings is 2. The number of ether oxygens (including phenoxy) is 2. The summed E-state index contributed by atoms with van der Waals surface area (Å²) >= 11 is 0. The van der Waals surface area contributed by atoms with Crippen LogP contribution >= 0.6 is 0 Å². The predicted octanol–water partition coefficient (Wildman–Crippen LogP) is 3.67. The molecule has 25 heavy (non-hydrogen) atoms. The normalized spacial score (nSPS) is 10.9. The van der Waals surface area contributed by atoms with E-state index in [1.165, 1.54) is 6.20 Å². The molecule has 0 radical (unpaired) electrons. The highest BCUT2D eigenvalue weighted by Crippen LogP contribution is 2.22. The third kappa shape index (κ3) is 5.21. The Labute approximate surface area is 147 Å². The Hall–Kier alpha value is -3.08. The quantitative estimate of drug-likeness (QED) is 0.253. The summed E-state index contributed by atoms with van der Waals surface area (Å²) in [7, 11) is 3.48. The van der Waals surface area contributed by atoms with E-state index in [0.717, 1.165) is 0 Å². The van der Waals surface area contributed by atoms with E-state index >= 15 is 0 Å². The number of hydrogen-bond acceptors (Lipinski definition) is 5. The minimum Gasteiger partial charge on any atom is -0.462 e. The molecule has 0 amide bonds. The monoisotopic (exact) mass is 339 g/mol. The van der Waals surface area contributed by atoms with E-state index in [1.54, 1.807) is 50.2 Å². The smallest absolute Gasteiger partial charge is 0.343 e. The third-order valence-corrected chi connectivity index (χ3v) is 3.22. The van der Waals surface area contributed by atoms with Gasteiger partial charge in [-0.1, -0.05) is 18.2 Å². The van der Waals surface area contributed by atoms with Crippen molar-refractivity contribution >= 4 is 11.8 Å². The van der Waals surface area contributed by atoms with E-state index in [2.05, 4.69) is 0 Å². The molecule has 0 aromatic heterocycles. The molecule has 0 saturated heterocycles. The number of Topliss-reactive ketones (excluding diaryl/α,β-unsaturated/α-hetero) is 1. The number of para-hydroxylation sites is 1. The van der Waals surface area contributed by atoms with Crippen molar-refractivity contribution in [3.05, 3.63) is 71.9 Å². The molecular formula is C20H21NO4. The minimum absolute atomic E-state index is 0.0106. The highest BCUT2D eigenvalue weighted by molar-refractivity contribution is 6.24. The van der Waals surface area contributed by atoms with Gasteiger partial charge in [-0.25, -0.2) is 4.79 Å². The van der Waals surface area contributed by atoms with Crippen molar-refractivity contribution in [3.63, 3.8) is 0 Å². The number of carbonyl (C=O) groups excluding carboxylic acids is 2. The maximum absolute atomic E-state index is 12.6. The van der Waals surface area contributed by atoms with Crippen LogP contribution < -0.4 is 4.74 Å². The number of nitrogens with zero attached hydrogens (tertiary/aromatic N) is 1. The minimum atomic E-state index is -0.634. The second-order valence-electron chi connectivity index (χ2n) is 5.50. The molecule has 0 aliphatic carbocycles. The van der Waals surface area contributed by atoms with Crippen LogP contribution in [-0.2, 0) is 9.53 Å². The maximum Gasteiger partial charge on any atom is 0.343 e. The zero-order valence-corrected chi connectivity index (χ0v) is 14.6. The highest BCUT2D eigenvalue weighted by atomic mass is 16.5. The Morgan fingerprint density at radius 1 is 0.960 bits per heavy atom. The molecule has 0 saturated carbocycles. The van der Waals surface area contributed by atoms with Gasteiger partial charge in [-0.3, -0.25) is 4.79 Å². The molecule has 2 rings (SSSR count). The van der Waals surface area contributed by atoms with Gasteiger partial charge in [-0.15, -0.1) is 0 Å². The fourth-order valence-corrected chi connectivity index (χ4v) is 2.13. The Morgan fingerprint density at radius 2 is 1.56 bits per heavy atom. The number of esters is 1. The van der Waals surface area contributed by atoms with E-state index in [-0.39, 0.29) is 12.2 Å². The molecule has 0 spiro atoms. The summed E-state index contributed by atoms with van der Waals surface area (Å²) in [5.74, 6) is 0.294. The maximum atomic E-state index is 12.6. The molecule has 0 aliphatic heterocycles. The van der Waals surface area contributed by atoms with Crippen LogP contribution in [0.4, 0.5) is 0 Å². The molecule has 5 nitrogen and oxygen atoms in total. The Kier molecular flexibility index (Phi) is 6.34. The standard InChI is InChI=1S/C20H21NO4/c1-4-24-20(23)18(14-21(2)3)19(22)15-10-12-17(13-11-15)25-16-8-6-5-7-9-16/h5-14H,4H2,1-3H3. The summed E-state index contributed by atoms with van der Waals surface area (Å²) in [5.41, 5.74) is 0.380. The van der Waals surface area contributed by atoms with Crippen LogP contribution in [0, 0.1) is 0 Å². The average Bonchev–Trinajstić information content (AvgIpc) is 2.61. The van der Waals surface area contributed by atoms with E-state index in [1.807, 2.05) is 30.3 Å². The molecule has 0 heterocycles. The van der Waals surface area contributed by atoms with Crippen LogP contribution in [0.5, 0.6) is 11.5 Å². The lowest BCUT2D eigenvalue weighted by Gasteiger charge is -2.11. The van der Waals surface area contributed by atoms with Gasteiger partial charge >= 0.3 is 5.97 Å². The summed E-state index contributed by atoms with van der Waals surface area (Å²) in [6.07, 6.45) is 1.47. The molecule has 0 atom stereocenters. The highest BCUT2D eigenvalue weighted by Gasteiger charge is 2.21. The molecule has 0 fully saturated rings. The number of ketones is 1. The molecule has 0 N–H and O–H groups in total. The molecule has 130 valence electrons. The van der Waals surface area contributed by atoms with Gasteiger partial charge in [0.2, 0.25) is 5.78 Å². The van der Waals surface area contributed by atoms with Crippen molar-refractivity contribution in [1.82, 2.24) is 4.90 Å². The summed E-state index contributed by atoms with van der Waals surface area (Å²) in [5, 5.41) is 0. The van der Waals surface area contributed by atoms with Crippen LogP contribution in [0.1, 0.15) is 17.3 Å². The SMILES string of the molecule is CCOC(=O)C(=CN(C)C)C(=O)c1ccc(Oc2ccccc2)cc1. The lowest BCUT2D eigenvalue weighted by atomic mass is 10.0. The molecule has 0 aliphatic rings. The first-order valence-electron chi connectivity index (χ1n) is 7.94. The zero-order chi connectivity index (χ0) is 18.2. The van der Waals surface area contributed by atoms with Gasteiger partial charge in [0.15, 0.2) is 0 Å². The topological polar surface area (TPSA) is 55.8 Å². The Morgan fingerprint density at radius 3 is 2.12 bits per heavy atom. The molecular weight excluding hydrogens is 318 g/mol. The third-order valence-electron chi connectivity index (χ3n) is 3.22. The van der Waals surface area contributed by atoms with Gasteiger partial charge in [-0.05, 0) is 43.3 Å². The van der Waals surface area contributed by atoms with Gasteiger partial charge < -0.3 is 14.4 Å². The van der Waals surface area contributed by atoms with E-state index < -0.39 is 11.8 Å². The second-order valence-corrected chi connectivity index (χ2v) is 5.50. The molecule has 2 aromatic rings. The van der Waals surface area contributed by atoms with Crippen molar-refractivity contribution < 1.29 is 19.1 Å². The number of hydrogen-bond donors (Lipinski definition) is 0. The van der Waals surface area contributed by atoms with Crippen LogP contribution in [0.15, 0.2) is 66.4 Å². The lowest BCUT2D eigenvalue weighted by Crippen LogP contribution is -2.19. The van der Waals surface area contributed by atoms with Crippen molar-refractivity contribution in [1.29, 1.82) is 0 Å². The molecule has 5 heteroatoms. The van der Waals surface area contributed by atoms with Crippen LogP contribution in [0.25, 0.3) is 0 Å². The molecule has 0 unspecified atom stereocenters. The zero-order valence-electron chi connectivity index (χ0n) is 14.6. The fraction of sp³-hybridized carbons (Fsp3) is 0.200. The summed E-state index contributed by atoms with van der Waals surface area (Å²) in [6, 6.07) is 16.0. The van der Waals surface area contributed by atoms with Crippen molar-refractivity contribution in [2.75, 3.05) is 20.7 Å². The summed E-state index contributed by atoms with van der Waals surface area (Å²) in [6.45, 7) is 1.91. The van der Waals surface area contributed by atoms with Crippen molar-refractivity contribution in [3.8, 4) is 11.5 Å². The first-order valence-corrected chi connectivity index (χ1v) is 7.94. The van der Waals surface area contributed by atoms with Gasteiger partial charge in [0, 0.05) is 25.9 Å². The first kappa shape index (κ1) is 18.3. The number of rotatable bonds is 7. The van der Waals surface area contributed by atoms with Crippen LogP contribution in [-0.4, -0.2) is 37.4 Å². The van der Waals surface area contributed by atoms with E-state index in [4.69, 9.17) is 9.47 Å². The van der Waals surface area contributed by atoms with Crippen molar-refractivity contribution in [2.24, 2.45) is 0 Å². The van der Waals surface area contributed by atoms with Crippen molar-refractivity contribution in [2.45, 2.75) is 6.92 Å². The van der Waals surface area contributed by atoms with Gasteiger partial charge in [0.1, 0.15) is 17.1 Å².